The summed E-state index contributed by atoms with van der Waals surface area (Å²) in [5.74, 6) is 0.634. The Labute approximate surface area is 147 Å². The molecule has 2 atom stereocenters. The lowest BCUT2D eigenvalue weighted by Gasteiger charge is -2.35. The van der Waals surface area contributed by atoms with Crippen LogP contribution in [-0.2, 0) is 11.2 Å². The summed E-state index contributed by atoms with van der Waals surface area (Å²) in [6.07, 6.45) is 0.835. The summed E-state index contributed by atoms with van der Waals surface area (Å²) in [6.45, 7) is 2.25. The fraction of sp³-hybridized carbons (Fsp3) is 0.350. The van der Waals surface area contributed by atoms with E-state index in [1.807, 2.05) is 6.07 Å². The molecule has 2 aromatic carbocycles. The number of phenolic OH excluding ortho intramolecular Hbond substituents is 1. The van der Waals surface area contributed by atoms with E-state index in [4.69, 9.17) is 4.74 Å². The highest BCUT2D eigenvalue weighted by Crippen LogP contribution is 2.34. The van der Waals surface area contributed by atoms with Gasteiger partial charge in [0, 0.05) is 19.0 Å². The van der Waals surface area contributed by atoms with Crippen LogP contribution in [-0.4, -0.2) is 42.3 Å². The van der Waals surface area contributed by atoms with Crippen LogP contribution in [0.5, 0.6) is 5.75 Å². The third-order valence-electron chi connectivity index (χ3n) is 5.06. The number of benzene rings is 2. The number of nitrogens with one attached hydrogen (secondary N) is 1. The fourth-order valence-corrected chi connectivity index (χ4v) is 3.63. The molecule has 5 heteroatoms. The van der Waals surface area contributed by atoms with Crippen molar-refractivity contribution in [1.82, 2.24) is 10.2 Å². The molecule has 0 unspecified atom stereocenters. The van der Waals surface area contributed by atoms with E-state index < -0.39 is 0 Å². The molecule has 1 saturated heterocycles. The molecular formula is C20H22N2O3. The molecule has 25 heavy (non-hydrogen) atoms. The van der Waals surface area contributed by atoms with Crippen LogP contribution in [0.2, 0.25) is 0 Å². The topological polar surface area (TPSA) is 61.8 Å². The maximum atomic E-state index is 12.5. The molecule has 2 aromatic rings. The van der Waals surface area contributed by atoms with Crippen molar-refractivity contribution in [1.29, 1.82) is 0 Å². The summed E-state index contributed by atoms with van der Waals surface area (Å²) < 4.78 is 5.77. The van der Waals surface area contributed by atoms with Gasteiger partial charge in [-0.2, -0.15) is 0 Å². The second-order valence-corrected chi connectivity index (χ2v) is 6.69. The Morgan fingerprint density at radius 1 is 1.24 bits per heavy atom. The Balaban J connectivity index is 1.33. The molecule has 0 aromatic heterocycles. The van der Waals surface area contributed by atoms with Crippen LogP contribution < -0.4 is 5.32 Å². The number of urea groups is 1. The van der Waals surface area contributed by atoms with Crippen LogP contribution in [0.4, 0.5) is 4.79 Å². The second kappa shape index (κ2) is 6.76. The minimum absolute atomic E-state index is 0.0437. The number of amides is 2. The summed E-state index contributed by atoms with van der Waals surface area (Å²) in [5.41, 5.74) is 3.63. The number of hydrogen-bond donors (Lipinski definition) is 2. The summed E-state index contributed by atoms with van der Waals surface area (Å²) in [6, 6.07) is 15.4. The lowest BCUT2D eigenvalue weighted by Crippen LogP contribution is -2.48. The number of aromatic hydroxyl groups is 1. The van der Waals surface area contributed by atoms with Crippen molar-refractivity contribution in [2.75, 3.05) is 26.2 Å². The highest BCUT2D eigenvalue weighted by molar-refractivity contribution is 5.74. The third-order valence-corrected chi connectivity index (χ3v) is 5.06. The largest absolute Gasteiger partial charge is 0.508 e. The van der Waals surface area contributed by atoms with Gasteiger partial charge < -0.3 is 20.1 Å². The zero-order valence-electron chi connectivity index (χ0n) is 14.0. The van der Waals surface area contributed by atoms with Gasteiger partial charge in [-0.15, -0.1) is 0 Å². The van der Waals surface area contributed by atoms with Gasteiger partial charge in [-0.05, 0) is 35.2 Å². The van der Waals surface area contributed by atoms with Crippen molar-refractivity contribution < 1.29 is 14.6 Å². The number of carbonyl (C=O) groups is 1. The van der Waals surface area contributed by atoms with Crippen LogP contribution in [0.1, 0.15) is 28.7 Å². The summed E-state index contributed by atoms with van der Waals surface area (Å²) in [4.78, 5) is 14.3. The molecule has 0 spiro atoms. The van der Waals surface area contributed by atoms with E-state index in [0.717, 1.165) is 12.0 Å². The fourth-order valence-electron chi connectivity index (χ4n) is 3.63. The first-order chi connectivity index (χ1) is 12.2. The average Bonchev–Trinajstić information content (AvgIpc) is 2.62. The van der Waals surface area contributed by atoms with Gasteiger partial charge in [0.25, 0.3) is 0 Å². The van der Waals surface area contributed by atoms with Crippen LogP contribution in [0.15, 0.2) is 48.5 Å². The molecule has 1 aliphatic carbocycles. The molecule has 0 radical (unpaired) electrons. The maximum absolute atomic E-state index is 12.5. The zero-order valence-corrected chi connectivity index (χ0v) is 14.0. The van der Waals surface area contributed by atoms with Crippen LogP contribution in [0, 0.1) is 0 Å². The molecule has 2 amide bonds. The van der Waals surface area contributed by atoms with E-state index in [1.165, 1.54) is 11.1 Å². The number of nitrogens with zero attached hydrogens (tertiary/aromatic N) is 1. The number of fused-ring (bicyclic) bond motifs is 1. The first kappa shape index (κ1) is 16.0. The molecule has 1 aliphatic heterocycles. The highest BCUT2D eigenvalue weighted by Gasteiger charge is 2.28. The van der Waals surface area contributed by atoms with E-state index in [2.05, 4.69) is 29.6 Å². The smallest absolute Gasteiger partial charge is 0.317 e. The lowest BCUT2D eigenvalue weighted by molar-refractivity contribution is -0.0155. The molecule has 0 saturated carbocycles. The quantitative estimate of drug-likeness (QED) is 0.905. The minimum atomic E-state index is -0.198. The molecule has 2 aliphatic rings. The Bertz CT molecular complexity index is 777. The molecule has 1 fully saturated rings. The summed E-state index contributed by atoms with van der Waals surface area (Å²) in [5, 5.41) is 12.7. The number of phenols is 1. The van der Waals surface area contributed by atoms with E-state index in [9.17, 15) is 9.90 Å². The maximum Gasteiger partial charge on any atom is 0.317 e. The van der Waals surface area contributed by atoms with Gasteiger partial charge in [0.2, 0.25) is 0 Å². The van der Waals surface area contributed by atoms with E-state index in [0.29, 0.717) is 32.2 Å². The van der Waals surface area contributed by atoms with Crippen LogP contribution in [0.25, 0.3) is 0 Å². The summed E-state index contributed by atoms with van der Waals surface area (Å²) >= 11 is 0. The predicted molar refractivity (Wildman–Crippen MR) is 94.7 cm³/mol. The van der Waals surface area contributed by atoms with E-state index >= 15 is 0 Å². The average molecular weight is 338 g/mol. The van der Waals surface area contributed by atoms with Crippen molar-refractivity contribution in [2.24, 2.45) is 0 Å². The minimum Gasteiger partial charge on any atom is -0.508 e. The third kappa shape index (κ3) is 3.33. The molecule has 130 valence electrons. The zero-order chi connectivity index (χ0) is 17.2. The van der Waals surface area contributed by atoms with Gasteiger partial charge >= 0.3 is 6.03 Å². The van der Waals surface area contributed by atoms with Crippen molar-refractivity contribution in [2.45, 2.75) is 18.4 Å². The first-order valence-corrected chi connectivity index (χ1v) is 8.72. The standard InChI is InChI=1S/C20H22N2O3/c23-17-6-3-5-15(11-17)19-13-22(8-9-25-19)20(24)21-12-16-10-14-4-1-2-7-18(14)16/h1-7,11,16,19,23H,8-10,12-13H2,(H,21,24)/t16-,19+/m1/s1. The monoisotopic (exact) mass is 338 g/mol. The molecule has 2 N–H and O–H groups in total. The van der Waals surface area contributed by atoms with E-state index in [-0.39, 0.29) is 17.9 Å². The number of hydrogen-bond acceptors (Lipinski definition) is 3. The molecular weight excluding hydrogens is 316 g/mol. The summed E-state index contributed by atoms with van der Waals surface area (Å²) in [7, 11) is 0. The number of rotatable bonds is 3. The van der Waals surface area contributed by atoms with Gasteiger partial charge in [0.1, 0.15) is 11.9 Å². The van der Waals surface area contributed by atoms with Crippen molar-refractivity contribution in [3.8, 4) is 5.75 Å². The lowest BCUT2D eigenvalue weighted by atomic mass is 9.78. The molecule has 4 rings (SSSR count). The van der Waals surface area contributed by atoms with Crippen molar-refractivity contribution in [3.05, 3.63) is 65.2 Å². The van der Waals surface area contributed by atoms with Crippen molar-refractivity contribution in [3.63, 3.8) is 0 Å². The van der Waals surface area contributed by atoms with Gasteiger partial charge in [-0.3, -0.25) is 0 Å². The van der Waals surface area contributed by atoms with Crippen LogP contribution >= 0.6 is 0 Å². The normalized spacial score (nSPS) is 22.0. The van der Waals surface area contributed by atoms with Gasteiger partial charge in [-0.25, -0.2) is 4.79 Å². The predicted octanol–water partition coefficient (Wildman–Crippen LogP) is 2.82. The highest BCUT2D eigenvalue weighted by atomic mass is 16.5. The van der Waals surface area contributed by atoms with Crippen LogP contribution in [0.3, 0.4) is 0 Å². The van der Waals surface area contributed by atoms with Gasteiger partial charge in [-0.1, -0.05) is 36.4 Å². The number of carbonyl (C=O) groups excluding carboxylic acids is 1. The second-order valence-electron chi connectivity index (χ2n) is 6.69. The molecule has 0 bridgehead atoms. The molecule has 1 heterocycles. The van der Waals surface area contributed by atoms with E-state index in [1.54, 1.807) is 23.1 Å². The Hall–Kier alpha value is -2.53. The van der Waals surface area contributed by atoms with Gasteiger partial charge in [0.15, 0.2) is 0 Å². The SMILES string of the molecule is O=C(NC[C@H]1Cc2ccccc21)N1CCO[C@H](c2cccc(O)c2)C1. The van der Waals surface area contributed by atoms with Gasteiger partial charge in [0.05, 0.1) is 13.2 Å². The molecule has 5 nitrogen and oxygen atoms in total. The number of ether oxygens (including phenoxy) is 1. The Morgan fingerprint density at radius 2 is 2.12 bits per heavy atom. The Morgan fingerprint density at radius 3 is 2.96 bits per heavy atom. The van der Waals surface area contributed by atoms with Crippen molar-refractivity contribution >= 4 is 6.03 Å². The Kier molecular flexibility index (Phi) is 4.32. The first-order valence-electron chi connectivity index (χ1n) is 8.72. The number of morpholine rings is 1.